The maximum atomic E-state index is 13.1. The molecule has 0 saturated heterocycles. The van der Waals surface area contributed by atoms with Gasteiger partial charge in [-0.1, -0.05) is 30.3 Å². The molecule has 5 nitrogen and oxygen atoms in total. The summed E-state index contributed by atoms with van der Waals surface area (Å²) in [7, 11) is -3.12. The summed E-state index contributed by atoms with van der Waals surface area (Å²) in [5.74, 6) is -1.22. The molecule has 0 spiro atoms. The van der Waals surface area contributed by atoms with Crippen molar-refractivity contribution in [3.63, 3.8) is 0 Å². The summed E-state index contributed by atoms with van der Waals surface area (Å²) in [6.07, 6.45) is 0.129. The molecule has 2 N–H and O–H groups in total. The first-order valence-corrected chi connectivity index (χ1v) is 11.2. The van der Waals surface area contributed by atoms with Crippen LogP contribution in [0.15, 0.2) is 72.5 Å². The van der Waals surface area contributed by atoms with Crippen molar-refractivity contribution in [1.29, 1.82) is 0 Å². The van der Waals surface area contributed by atoms with Gasteiger partial charge in [0.1, 0.15) is 18.5 Å². The maximum Gasteiger partial charge on any atom is 0.408 e. The predicted octanol–water partition coefficient (Wildman–Crippen LogP) is 3.90. The summed E-state index contributed by atoms with van der Waals surface area (Å²) < 4.78 is 69.7. The van der Waals surface area contributed by atoms with Crippen molar-refractivity contribution in [2.45, 2.75) is 12.6 Å². The summed E-state index contributed by atoms with van der Waals surface area (Å²) in [6.45, 7) is -0.128. The molecule has 166 valence electrons. The Labute approximate surface area is 179 Å². The summed E-state index contributed by atoms with van der Waals surface area (Å²) >= 11 is 0. The molecule has 0 aromatic heterocycles. The number of rotatable bonds is 7. The number of hydrogen-bond donors (Lipinski definition) is 1. The predicted molar refractivity (Wildman–Crippen MR) is 115 cm³/mol. The van der Waals surface area contributed by atoms with Crippen LogP contribution in [0.2, 0.25) is 0 Å². The number of sulfonamides is 1. The topological polar surface area (TPSA) is 69.4 Å². The Morgan fingerprint density at radius 2 is 1.81 bits per heavy atom. The Balaban J connectivity index is 2.05. The van der Waals surface area contributed by atoms with E-state index >= 15 is 0 Å². The third-order valence-corrected chi connectivity index (χ3v) is 7.23. The van der Waals surface area contributed by atoms with Crippen molar-refractivity contribution in [3.8, 4) is 5.75 Å². The SMILES string of the molecule is COc1ccc(Cc2cccc([N+]3(S(=O)(=O)CC(F)(F)F)C=C(CN)C=CC3)c2)cc1. The molecule has 0 amide bonds. The number of quaternary nitrogens is 1. The lowest BCUT2D eigenvalue weighted by Gasteiger charge is -2.34. The van der Waals surface area contributed by atoms with Crippen LogP contribution in [0.3, 0.4) is 0 Å². The van der Waals surface area contributed by atoms with E-state index in [2.05, 4.69) is 0 Å². The summed E-state index contributed by atoms with van der Waals surface area (Å²) in [6, 6.07) is 14.0. The quantitative estimate of drug-likeness (QED) is 0.646. The maximum absolute atomic E-state index is 13.1. The molecule has 1 aliphatic rings. The molecule has 0 saturated carbocycles. The number of methoxy groups -OCH3 is 1. The Morgan fingerprint density at radius 1 is 1.10 bits per heavy atom. The molecule has 3 rings (SSSR count). The van der Waals surface area contributed by atoms with Crippen molar-refractivity contribution in [2.24, 2.45) is 5.73 Å². The van der Waals surface area contributed by atoms with Crippen molar-refractivity contribution in [2.75, 3.05) is 26.0 Å². The fraction of sp³-hybridized carbons (Fsp3) is 0.273. The summed E-state index contributed by atoms with van der Waals surface area (Å²) in [5, 5.41) is 0. The molecular weight excluding hydrogens is 429 g/mol. The molecule has 2 aromatic rings. The van der Waals surface area contributed by atoms with Gasteiger partial charge in [0, 0.05) is 24.3 Å². The first kappa shape index (κ1) is 23.1. The third-order valence-electron chi connectivity index (χ3n) is 5.08. The smallest absolute Gasteiger partial charge is 0.408 e. The fourth-order valence-corrected chi connectivity index (χ4v) is 5.27. The lowest BCUT2D eigenvalue weighted by Crippen LogP contribution is -2.54. The van der Waals surface area contributed by atoms with Crippen LogP contribution in [0.5, 0.6) is 5.75 Å². The first-order chi connectivity index (χ1) is 14.6. The highest BCUT2D eigenvalue weighted by Gasteiger charge is 2.50. The molecule has 1 atom stereocenters. The fourth-order valence-electron chi connectivity index (χ4n) is 3.58. The van der Waals surface area contributed by atoms with Crippen molar-refractivity contribution >= 4 is 15.7 Å². The second kappa shape index (κ2) is 8.86. The average Bonchev–Trinajstić information content (AvgIpc) is 2.72. The molecule has 0 radical (unpaired) electrons. The van der Waals surface area contributed by atoms with Gasteiger partial charge >= 0.3 is 16.2 Å². The van der Waals surface area contributed by atoms with Crippen LogP contribution < -0.4 is 14.4 Å². The number of alkyl halides is 3. The minimum absolute atomic E-state index is 0.0174. The lowest BCUT2D eigenvalue weighted by atomic mass is 10.0. The standard InChI is InChI=1S/C22H24F3N2O3S/c1-30-21-9-7-17(8-10-21)12-18-4-2-6-20(13-18)27(11-3-5-19(14-26)15-27)31(28,29)16-22(23,24)25/h2-10,13,15H,11-12,14,16,26H2,1H3/q+1. The molecule has 1 heterocycles. The number of nitrogens with two attached hydrogens (primary N) is 1. The van der Waals surface area contributed by atoms with E-state index in [9.17, 15) is 21.6 Å². The van der Waals surface area contributed by atoms with Crippen molar-refractivity contribution in [3.05, 3.63) is 83.6 Å². The second-order valence-electron chi connectivity index (χ2n) is 7.32. The number of benzene rings is 2. The third kappa shape index (κ3) is 5.17. The van der Waals surface area contributed by atoms with Crippen LogP contribution in [0, 0.1) is 0 Å². The van der Waals surface area contributed by atoms with Crippen LogP contribution in [0.4, 0.5) is 18.9 Å². The number of hydrogen-bond acceptors (Lipinski definition) is 4. The van der Waals surface area contributed by atoms with E-state index in [-0.39, 0.29) is 18.8 Å². The van der Waals surface area contributed by atoms with Crippen molar-refractivity contribution in [1.82, 2.24) is 3.89 Å². The Kier molecular flexibility index (Phi) is 6.59. The monoisotopic (exact) mass is 453 g/mol. The minimum Gasteiger partial charge on any atom is -0.497 e. The Bertz CT molecular complexity index is 1090. The van der Waals surface area contributed by atoms with Gasteiger partial charge in [-0.05, 0) is 35.8 Å². The van der Waals surface area contributed by atoms with Gasteiger partial charge in [0.2, 0.25) is 0 Å². The Morgan fingerprint density at radius 3 is 2.42 bits per heavy atom. The zero-order chi connectivity index (χ0) is 22.7. The molecule has 2 aromatic carbocycles. The lowest BCUT2D eigenvalue weighted by molar-refractivity contribution is -0.106. The van der Waals surface area contributed by atoms with Gasteiger partial charge in [0.25, 0.3) is 0 Å². The zero-order valence-electron chi connectivity index (χ0n) is 17.0. The minimum atomic E-state index is -4.86. The second-order valence-corrected chi connectivity index (χ2v) is 9.43. The van der Waals surface area contributed by atoms with Gasteiger partial charge in [-0.3, -0.25) is 0 Å². The number of ether oxygens (including phenoxy) is 1. The van der Waals surface area contributed by atoms with E-state index in [0.717, 1.165) is 11.1 Å². The largest absolute Gasteiger partial charge is 0.497 e. The van der Waals surface area contributed by atoms with E-state index in [0.29, 0.717) is 17.7 Å². The van der Waals surface area contributed by atoms with Gasteiger partial charge in [-0.25, -0.2) is 0 Å². The summed E-state index contributed by atoms with van der Waals surface area (Å²) in [4.78, 5) is 0. The number of halogens is 3. The highest BCUT2D eigenvalue weighted by Crippen LogP contribution is 2.36. The van der Waals surface area contributed by atoms with Crippen molar-refractivity contribution < 1.29 is 26.3 Å². The summed E-state index contributed by atoms with van der Waals surface area (Å²) in [5.41, 5.74) is 8.10. The van der Waals surface area contributed by atoms with E-state index in [1.165, 1.54) is 12.3 Å². The van der Waals surface area contributed by atoms with E-state index in [4.69, 9.17) is 10.5 Å². The normalized spacial score (nSPS) is 19.2. The highest BCUT2D eigenvalue weighted by molar-refractivity contribution is 7.91. The molecule has 0 fully saturated rings. The van der Waals surface area contributed by atoms with Crippen LogP contribution in [-0.2, 0) is 16.4 Å². The highest BCUT2D eigenvalue weighted by atomic mass is 32.2. The molecule has 1 aliphatic heterocycles. The molecule has 0 bridgehead atoms. The van der Waals surface area contributed by atoms with Gasteiger partial charge in [-0.15, -0.1) is 0 Å². The van der Waals surface area contributed by atoms with Crippen LogP contribution in [0.1, 0.15) is 11.1 Å². The van der Waals surface area contributed by atoms with E-state index in [1.807, 2.05) is 30.3 Å². The van der Waals surface area contributed by atoms with Crippen LogP contribution in [0.25, 0.3) is 0 Å². The zero-order valence-corrected chi connectivity index (χ0v) is 17.8. The van der Waals surface area contributed by atoms with Gasteiger partial charge in [0.05, 0.1) is 7.11 Å². The average molecular weight is 454 g/mol. The molecule has 31 heavy (non-hydrogen) atoms. The molecule has 9 heteroatoms. The van der Waals surface area contributed by atoms with Gasteiger partial charge in [0.15, 0.2) is 11.4 Å². The molecule has 1 unspecified atom stereocenters. The van der Waals surface area contributed by atoms with Crippen LogP contribution in [-0.4, -0.2) is 40.5 Å². The number of nitrogens with zero attached hydrogens (tertiary/aromatic N) is 1. The first-order valence-electron chi connectivity index (χ1n) is 9.57. The van der Waals surface area contributed by atoms with Crippen LogP contribution >= 0.6 is 0 Å². The molecule has 0 aliphatic carbocycles. The Hall–Kier alpha value is -2.62. The molecular formula is C22H24F3N2O3S+. The van der Waals surface area contributed by atoms with E-state index < -0.39 is 25.8 Å². The van der Waals surface area contributed by atoms with E-state index in [1.54, 1.807) is 31.4 Å². The van der Waals surface area contributed by atoms with Gasteiger partial charge < -0.3 is 10.5 Å². The van der Waals surface area contributed by atoms with Gasteiger partial charge in [-0.2, -0.15) is 25.5 Å².